The molecule has 0 radical (unpaired) electrons. The third kappa shape index (κ3) is 5.11. The first kappa shape index (κ1) is 20.5. The minimum absolute atomic E-state index is 0.00993. The monoisotopic (exact) mass is 384 g/mol. The van der Waals surface area contributed by atoms with E-state index in [4.69, 9.17) is 21.1 Å². The van der Waals surface area contributed by atoms with Crippen molar-refractivity contribution in [3.8, 4) is 11.5 Å². The summed E-state index contributed by atoms with van der Waals surface area (Å²) in [5.74, 6) is -1.29. The number of rotatable bonds is 10. The van der Waals surface area contributed by atoms with Gasteiger partial charge in [0.1, 0.15) is 29.5 Å². The molecule has 1 aromatic rings. The highest BCUT2D eigenvalue weighted by Crippen LogP contribution is 2.37. The fraction of sp³-hybridized carbons (Fsp3) is 0.579. The first-order valence-corrected chi connectivity index (χ1v) is 9.30. The number of carbonyl (C=O) groups excluding carboxylic acids is 2. The van der Waals surface area contributed by atoms with E-state index in [1.54, 1.807) is 13.8 Å². The van der Waals surface area contributed by atoms with Crippen LogP contribution in [0.1, 0.15) is 61.9 Å². The molecule has 144 valence electrons. The van der Waals surface area contributed by atoms with Crippen molar-refractivity contribution in [1.29, 1.82) is 0 Å². The molecule has 1 aliphatic heterocycles. The van der Waals surface area contributed by atoms with E-state index in [2.05, 4.69) is 0 Å². The van der Waals surface area contributed by atoms with Crippen molar-refractivity contribution >= 4 is 23.9 Å². The number of hydrogen-bond acceptors (Lipinski definition) is 6. The summed E-state index contributed by atoms with van der Waals surface area (Å²) >= 11 is 6.02. The maximum Gasteiger partial charge on any atom is 0.342 e. The van der Waals surface area contributed by atoms with Gasteiger partial charge in [0.05, 0.1) is 17.2 Å². The Kier molecular flexibility index (Phi) is 7.29. The van der Waals surface area contributed by atoms with Crippen LogP contribution in [0.25, 0.3) is 0 Å². The number of epoxide rings is 1. The molecule has 0 unspecified atom stereocenters. The van der Waals surface area contributed by atoms with Crippen molar-refractivity contribution in [1.82, 2.24) is 0 Å². The van der Waals surface area contributed by atoms with Gasteiger partial charge in [-0.05, 0) is 31.7 Å². The van der Waals surface area contributed by atoms with E-state index in [0.29, 0.717) is 24.8 Å². The third-order valence-corrected chi connectivity index (χ3v) is 4.92. The Balaban J connectivity index is 1.89. The van der Waals surface area contributed by atoms with Crippen LogP contribution in [0.3, 0.4) is 0 Å². The molecule has 0 amide bonds. The predicted molar refractivity (Wildman–Crippen MR) is 96.8 cm³/mol. The molecule has 3 atom stereocenters. The number of carbonyl (C=O) groups is 2. The van der Waals surface area contributed by atoms with Crippen molar-refractivity contribution in [3.63, 3.8) is 0 Å². The minimum atomic E-state index is -0.670. The fourth-order valence-electron chi connectivity index (χ4n) is 3.07. The van der Waals surface area contributed by atoms with E-state index in [0.717, 1.165) is 31.6 Å². The predicted octanol–water partition coefficient (Wildman–Crippen LogP) is 3.78. The lowest BCUT2D eigenvalue weighted by atomic mass is 10.0. The second-order valence-electron chi connectivity index (χ2n) is 6.55. The van der Waals surface area contributed by atoms with Crippen LogP contribution in [0.4, 0.5) is 0 Å². The van der Waals surface area contributed by atoms with Crippen molar-refractivity contribution < 1.29 is 29.3 Å². The normalized spacial score (nSPS) is 19.8. The summed E-state index contributed by atoms with van der Waals surface area (Å²) in [7, 11) is 0. The van der Waals surface area contributed by atoms with Crippen LogP contribution in [-0.2, 0) is 20.7 Å². The van der Waals surface area contributed by atoms with E-state index in [1.165, 1.54) is 0 Å². The average Bonchev–Trinajstić information content (AvgIpc) is 3.31. The molecule has 1 heterocycles. The lowest BCUT2D eigenvalue weighted by Gasteiger charge is -2.16. The summed E-state index contributed by atoms with van der Waals surface area (Å²) < 4.78 is 11.0. The van der Waals surface area contributed by atoms with E-state index in [1.807, 2.05) is 0 Å². The molecule has 26 heavy (non-hydrogen) atoms. The average molecular weight is 385 g/mol. The Bertz CT molecular complexity index is 660. The standard InChI is InChI=1S/C19H25ClO6/c1-3-12-17(13(22)10-14(23)18(12)20)19(24)25-11(2)9-16-15(26-16)7-5-4-6-8-21/h8,10-11,15-16,22-23H,3-7,9H2,1-2H3/t11-,15-,16-/m1/s1. The topological polar surface area (TPSA) is 96.4 Å². The Labute approximate surface area is 158 Å². The Hall–Kier alpha value is -1.79. The zero-order valence-electron chi connectivity index (χ0n) is 15.0. The molecular weight excluding hydrogens is 360 g/mol. The summed E-state index contributed by atoms with van der Waals surface area (Å²) in [4.78, 5) is 22.7. The fourth-order valence-corrected chi connectivity index (χ4v) is 3.36. The van der Waals surface area contributed by atoms with Gasteiger partial charge in [0.2, 0.25) is 0 Å². The first-order valence-electron chi connectivity index (χ1n) is 8.92. The number of aromatic hydroxyl groups is 2. The van der Waals surface area contributed by atoms with Crippen LogP contribution in [0.2, 0.25) is 5.02 Å². The molecule has 0 aromatic heterocycles. The molecule has 1 aliphatic rings. The van der Waals surface area contributed by atoms with Gasteiger partial charge in [0.25, 0.3) is 0 Å². The Morgan fingerprint density at radius 2 is 2.08 bits per heavy atom. The highest BCUT2D eigenvalue weighted by atomic mass is 35.5. The van der Waals surface area contributed by atoms with Crippen molar-refractivity contribution in [3.05, 3.63) is 22.2 Å². The first-order chi connectivity index (χ1) is 12.4. The molecule has 1 fully saturated rings. The number of ether oxygens (including phenoxy) is 2. The highest BCUT2D eigenvalue weighted by Gasteiger charge is 2.39. The van der Waals surface area contributed by atoms with Crippen molar-refractivity contribution in [2.45, 2.75) is 70.7 Å². The summed E-state index contributed by atoms with van der Waals surface area (Å²) in [5, 5.41) is 19.7. The molecule has 6 nitrogen and oxygen atoms in total. The Morgan fingerprint density at radius 1 is 1.35 bits per heavy atom. The zero-order valence-corrected chi connectivity index (χ0v) is 15.8. The largest absolute Gasteiger partial charge is 0.507 e. The lowest BCUT2D eigenvalue weighted by Crippen LogP contribution is -2.19. The van der Waals surface area contributed by atoms with Crippen molar-refractivity contribution in [2.24, 2.45) is 0 Å². The number of benzene rings is 1. The summed E-state index contributed by atoms with van der Waals surface area (Å²) in [6.45, 7) is 3.54. The van der Waals surface area contributed by atoms with Gasteiger partial charge < -0.3 is 24.5 Å². The smallest absolute Gasteiger partial charge is 0.342 e. The zero-order chi connectivity index (χ0) is 19.3. The molecule has 2 N–H and O–H groups in total. The van der Waals surface area contributed by atoms with Crippen molar-refractivity contribution in [2.75, 3.05) is 0 Å². The van der Waals surface area contributed by atoms with E-state index < -0.39 is 5.97 Å². The van der Waals surface area contributed by atoms with Crippen LogP contribution in [0.15, 0.2) is 6.07 Å². The third-order valence-electron chi connectivity index (χ3n) is 4.50. The maximum atomic E-state index is 12.5. The van der Waals surface area contributed by atoms with Gasteiger partial charge in [-0.15, -0.1) is 0 Å². The van der Waals surface area contributed by atoms with Crippen LogP contribution in [0.5, 0.6) is 11.5 Å². The molecule has 2 rings (SSSR count). The quantitative estimate of drug-likeness (QED) is 0.276. The second kappa shape index (κ2) is 9.24. The van der Waals surface area contributed by atoms with E-state index >= 15 is 0 Å². The van der Waals surface area contributed by atoms with Crippen LogP contribution in [0, 0.1) is 0 Å². The lowest BCUT2D eigenvalue weighted by molar-refractivity contribution is -0.107. The van der Waals surface area contributed by atoms with Gasteiger partial charge in [-0.3, -0.25) is 0 Å². The minimum Gasteiger partial charge on any atom is -0.507 e. The molecule has 1 aromatic carbocycles. The number of halogens is 1. The molecule has 0 bridgehead atoms. The number of phenols is 2. The van der Waals surface area contributed by atoms with Gasteiger partial charge >= 0.3 is 5.97 Å². The summed E-state index contributed by atoms with van der Waals surface area (Å²) in [5.41, 5.74) is 0.348. The summed E-state index contributed by atoms with van der Waals surface area (Å²) in [6.07, 6.45) is 4.95. The Morgan fingerprint density at radius 3 is 2.73 bits per heavy atom. The van der Waals surface area contributed by atoms with Gasteiger partial charge in [0.15, 0.2) is 0 Å². The number of phenolic OH excluding ortho intramolecular Hbond substituents is 2. The van der Waals surface area contributed by atoms with Crippen LogP contribution < -0.4 is 0 Å². The maximum absolute atomic E-state index is 12.5. The molecule has 7 heteroatoms. The van der Waals surface area contributed by atoms with Gasteiger partial charge in [0, 0.05) is 18.9 Å². The van der Waals surface area contributed by atoms with Gasteiger partial charge in [-0.1, -0.05) is 24.9 Å². The highest BCUT2D eigenvalue weighted by molar-refractivity contribution is 6.33. The van der Waals surface area contributed by atoms with E-state index in [-0.39, 0.29) is 40.4 Å². The van der Waals surface area contributed by atoms with Crippen LogP contribution >= 0.6 is 11.6 Å². The SMILES string of the molecule is CCc1c(Cl)c(O)cc(O)c1C(=O)O[C@H](C)C[C@H]1O[C@@H]1CCCCC=O. The van der Waals surface area contributed by atoms with Gasteiger partial charge in [-0.2, -0.15) is 0 Å². The summed E-state index contributed by atoms with van der Waals surface area (Å²) in [6, 6.07) is 1.04. The molecule has 0 aliphatic carbocycles. The molecular formula is C19H25ClO6. The van der Waals surface area contributed by atoms with Gasteiger partial charge in [-0.25, -0.2) is 4.79 Å². The second-order valence-corrected chi connectivity index (χ2v) is 6.93. The molecule has 0 spiro atoms. The van der Waals surface area contributed by atoms with Crippen LogP contribution in [-0.4, -0.2) is 40.8 Å². The number of esters is 1. The van der Waals surface area contributed by atoms with E-state index in [9.17, 15) is 19.8 Å². The number of hydrogen-bond donors (Lipinski definition) is 2. The number of unbranched alkanes of at least 4 members (excludes halogenated alkanes) is 2. The number of aldehydes is 1. The molecule has 1 saturated heterocycles. The molecule has 0 saturated carbocycles.